The summed E-state index contributed by atoms with van der Waals surface area (Å²) in [7, 11) is 0. The highest BCUT2D eigenvalue weighted by Gasteiger charge is 2.46. The second-order valence-corrected chi connectivity index (χ2v) is 9.16. The van der Waals surface area contributed by atoms with E-state index in [2.05, 4.69) is 32.6 Å². The van der Waals surface area contributed by atoms with E-state index in [0.717, 1.165) is 40.5 Å². The van der Waals surface area contributed by atoms with Crippen molar-refractivity contribution < 1.29 is 9.53 Å². The van der Waals surface area contributed by atoms with Crippen molar-refractivity contribution in [2.75, 3.05) is 12.3 Å². The molecule has 3 unspecified atom stereocenters. The predicted molar refractivity (Wildman–Crippen MR) is 106 cm³/mol. The summed E-state index contributed by atoms with van der Waals surface area (Å²) >= 11 is 2.17. The Balaban J connectivity index is 1.70. The van der Waals surface area contributed by atoms with Crippen LogP contribution in [0.3, 0.4) is 0 Å². The van der Waals surface area contributed by atoms with Crippen molar-refractivity contribution in [3.05, 3.63) is 10.0 Å². The molecular weight excluding hydrogens is 447 g/mol. The van der Waals surface area contributed by atoms with Crippen LogP contribution in [0.5, 0.6) is 0 Å². The first-order valence-electron chi connectivity index (χ1n) is 8.88. The van der Waals surface area contributed by atoms with Gasteiger partial charge in [-0.3, -0.25) is 0 Å². The van der Waals surface area contributed by atoms with Crippen LogP contribution in [0.2, 0.25) is 0 Å². The summed E-state index contributed by atoms with van der Waals surface area (Å²) in [6, 6.07) is 0.139. The molecule has 9 heteroatoms. The molecule has 2 saturated heterocycles. The maximum absolute atomic E-state index is 12.7. The van der Waals surface area contributed by atoms with Crippen molar-refractivity contribution in [3.63, 3.8) is 0 Å². The number of nitrogen functional groups attached to an aromatic ring is 1. The van der Waals surface area contributed by atoms with Crippen LogP contribution in [0.4, 0.5) is 10.6 Å². The number of fused-ring (bicyclic) bond motifs is 4. The fourth-order valence-electron chi connectivity index (χ4n) is 4.14. The maximum atomic E-state index is 12.7. The molecule has 2 aromatic heterocycles. The second-order valence-electron chi connectivity index (χ2n) is 8.14. The Morgan fingerprint density at radius 1 is 1.31 bits per heavy atom. The number of aromatic nitrogens is 4. The molecule has 2 bridgehead atoms. The molecule has 2 N–H and O–H groups in total. The van der Waals surface area contributed by atoms with Crippen LogP contribution in [0, 0.1) is 9.62 Å². The van der Waals surface area contributed by atoms with E-state index in [1.54, 1.807) is 0 Å². The standard InChI is InChI=1S/C17H23IN6O2/c1-17(2,3)26-16(25)23-7-9-4-5-10(23)11(6-9)24-15-12(13(18)22-24)14(19)20-8-21-15/h8-11H,4-7H2,1-3H3,(H2,19,20,21). The number of carbonyl (C=O) groups is 1. The number of rotatable bonds is 1. The van der Waals surface area contributed by atoms with Crippen molar-refractivity contribution >= 4 is 45.5 Å². The lowest BCUT2D eigenvalue weighted by atomic mass is 9.76. The lowest BCUT2D eigenvalue weighted by Crippen LogP contribution is -2.56. The lowest BCUT2D eigenvalue weighted by Gasteiger charge is -2.49. The summed E-state index contributed by atoms with van der Waals surface area (Å²) in [6.07, 6.45) is 4.30. The largest absolute Gasteiger partial charge is 0.444 e. The van der Waals surface area contributed by atoms with Gasteiger partial charge in [0.05, 0.1) is 17.5 Å². The number of carbonyl (C=O) groups excluding carboxylic acids is 1. The third kappa shape index (κ3) is 2.99. The van der Waals surface area contributed by atoms with Gasteiger partial charge in [0.15, 0.2) is 5.65 Å². The van der Waals surface area contributed by atoms with Gasteiger partial charge in [0, 0.05) is 6.54 Å². The Kier molecular flexibility index (Phi) is 4.24. The molecular formula is C17H23IN6O2. The third-order valence-electron chi connectivity index (χ3n) is 5.16. The molecule has 0 radical (unpaired) electrons. The molecule has 1 aliphatic carbocycles. The van der Waals surface area contributed by atoms with Crippen LogP contribution in [0.25, 0.3) is 11.0 Å². The summed E-state index contributed by atoms with van der Waals surface area (Å²) in [5, 5.41) is 5.49. The van der Waals surface area contributed by atoms with E-state index in [1.807, 2.05) is 30.4 Å². The van der Waals surface area contributed by atoms with Gasteiger partial charge < -0.3 is 15.4 Å². The van der Waals surface area contributed by atoms with Gasteiger partial charge in [-0.25, -0.2) is 19.4 Å². The Hall–Kier alpha value is -1.65. The van der Waals surface area contributed by atoms with Crippen molar-refractivity contribution in [2.45, 2.75) is 57.7 Å². The molecule has 2 aliphatic heterocycles. The molecule has 0 spiro atoms. The smallest absolute Gasteiger partial charge is 0.410 e. The first kappa shape index (κ1) is 17.7. The van der Waals surface area contributed by atoms with Crippen LogP contribution in [0.1, 0.15) is 46.1 Å². The van der Waals surface area contributed by atoms with E-state index in [0.29, 0.717) is 11.7 Å². The molecule has 3 atom stereocenters. The van der Waals surface area contributed by atoms with Crippen molar-refractivity contribution in [2.24, 2.45) is 5.92 Å². The molecule has 3 fully saturated rings. The van der Waals surface area contributed by atoms with Gasteiger partial charge in [-0.1, -0.05) is 0 Å². The molecule has 8 nitrogen and oxygen atoms in total. The number of piperidine rings is 2. The van der Waals surface area contributed by atoms with Gasteiger partial charge in [-0.15, -0.1) is 0 Å². The first-order valence-corrected chi connectivity index (χ1v) is 9.96. The van der Waals surface area contributed by atoms with Crippen molar-refractivity contribution in [1.29, 1.82) is 0 Å². The molecule has 0 aromatic carbocycles. The highest BCUT2D eigenvalue weighted by molar-refractivity contribution is 14.1. The van der Waals surface area contributed by atoms with E-state index in [4.69, 9.17) is 15.6 Å². The monoisotopic (exact) mass is 470 g/mol. The maximum Gasteiger partial charge on any atom is 0.410 e. The number of nitrogens with zero attached hydrogens (tertiary/aromatic N) is 5. The zero-order valence-electron chi connectivity index (χ0n) is 15.1. The molecule has 5 rings (SSSR count). The molecule has 1 amide bonds. The Bertz CT molecular complexity index is 861. The highest BCUT2D eigenvalue weighted by Crippen LogP contribution is 2.43. The van der Waals surface area contributed by atoms with Crippen LogP contribution in [-0.2, 0) is 4.74 Å². The zero-order valence-corrected chi connectivity index (χ0v) is 17.3. The first-order chi connectivity index (χ1) is 12.2. The lowest BCUT2D eigenvalue weighted by molar-refractivity contribution is -0.0301. The number of nitrogens with two attached hydrogens (primary N) is 1. The summed E-state index contributed by atoms with van der Waals surface area (Å²) in [5.74, 6) is 0.893. The summed E-state index contributed by atoms with van der Waals surface area (Å²) in [6.45, 7) is 6.44. The van der Waals surface area contributed by atoms with Crippen molar-refractivity contribution in [1.82, 2.24) is 24.6 Å². The van der Waals surface area contributed by atoms with Gasteiger partial charge in [0.25, 0.3) is 0 Å². The third-order valence-corrected chi connectivity index (χ3v) is 5.92. The number of ether oxygens (including phenoxy) is 1. The zero-order chi connectivity index (χ0) is 18.6. The SMILES string of the molecule is CC(C)(C)OC(=O)N1CC2CCC1C(n1nc(I)c3c(N)ncnc31)C2. The normalized spacial score (nSPS) is 25.7. The molecule has 3 aliphatic rings. The minimum absolute atomic E-state index is 0.0601. The Labute approximate surface area is 165 Å². The highest BCUT2D eigenvalue weighted by atomic mass is 127. The van der Waals surface area contributed by atoms with Crippen LogP contribution < -0.4 is 5.73 Å². The Morgan fingerprint density at radius 3 is 2.77 bits per heavy atom. The molecule has 26 heavy (non-hydrogen) atoms. The van der Waals surface area contributed by atoms with E-state index < -0.39 is 5.60 Å². The van der Waals surface area contributed by atoms with E-state index in [-0.39, 0.29) is 18.2 Å². The minimum atomic E-state index is -0.501. The Morgan fingerprint density at radius 2 is 2.08 bits per heavy atom. The fraction of sp³-hybridized carbons (Fsp3) is 0.647. The molecule has 140 valence electrons. The number of anilines is 1. The quantitative estimate of drug-likeness (QED) is 0.644. The van der Waals surface area contributed by atoms with Crippen molar-refractivity contribution in [3.8, 4) is 0 Å². The van der Waals surface area contributed by atoms with E-state index in [1.165, 1.54) is 6.33 Å². The molecule has 2 aromatic rings. The predicted octanol–water partition coefficient (Wildman–Crippen LogP) is 2.97. The summed E-state index contributed by atoms with van der Waals surface area (Å²) in [4.78, 5) is 23.1. The van der Waals surface area contributed by atoms with Crippen LogP contribution in [-0.4, -0.2) is 48.9 Å². The number of halogens is 1. The van der Waals surface area contributed by atoms with Gasteiger partial charge >= 0.3 is 6.09 Å². The molecule has 1 saturated carbocycles. The number of amides is 1. The minimum Gasteiger partial charge on any atom is -0.444 e. The average Bonchev–Trinajstić information content (AvgIpc) is 2.92. The van der Waals surface area contributed by atoms with Gasteiger partial charge in [0.1, 0.15) is 21.4 Å². The van der Waals surface area contributed by atoms with Gasteiger partial charge in [0.2, 0.25) is 0 Å². The van der Waals surface area contributed by atoms with Crippen LogP contribution >= 0.6 is 22.6 Å². The average molecular weight is 470 g/mol. The van der Waals surface area contributed by atoms with Gasteiger partial charge in [-0.2, -0.15) is 5.10 Å². The fourth-order valence-corrected chi connectivity index (χ4v) is 4.89. The van der Waals surface area contributed by atoms with E-state index >= 15 is 0 Å². The summed E-state index contributed by atoms with van der Waals surface area (Å²) in [5.41, 5.74) is 6.27. The molecule has 4 heterocycles. The summed E-state index contributed by atoms with van der Waals surface area (Å²) < 4.78 is 8.38. The number of hydrogen-bond acceptors (Lipinski definition) is 6. The topological polar surface area (TPSA) is 99.2 Å². The van der Waals surface area contributed by atoms with Gasteiger partial charge in [-0.05, 0) is 68.5 Å². The second kappa shape index (κ2) is 6.21. The number of hydrogen-bond donors (Lipinski definition) is 1. The van der Waals surface area contributed by atoms with E-state index in [9.17, 15) is 4.79 Å². The van der Waals surface area contributed by atoms with Crippen LogP contribution in [0.15, 0.2) is 6.33 Å².